The van der Waals surface area contributed by atoms with E-state index >= 15 is 0 Å². The van der Waals surface area contributed by atoms with Crippen LogP contribution >= 0.6 is 0 Å². The highest BCUT2D eigenvalue weighted by Gasteiger charge is 2.16. The zero-order valence-corrected chi connectivity index (χ0v) is 11.6. The molecule has 2 rings (SSSR count). The highest BCUT2D eigenvalue weighted by Crippen LogP contribution is 2.02. The lowest BCUT2D eigenvalue weighted by molar-refractivity contribution is -0.137. The van der Waals surface area contributed by atoms with Crippen LogP contribution in [0.15, 0.2) is 29.2 Å². The molecule has 1 fully saturated rings. The van der Waals surface area contributed by atoms with Crippen molar-refractivity contribution in [2.24, 2.45) is 0 Å². The van der Waals surface area contributed by atoms with Gasteiger partial charge in [0.25, 0.3) is 5.56 Å². The van der Waals surface area contributed by atoms with Crippen molar-refractivity contribution in [3.63, 3.8) is 0 Å². The molecule has 0 radical (unpaired) electrons. The molecule has 0 aliphatic carbocycles. The number of piperazine rings is 1. The second kappa shape index (κ2) is 7.21. The van der Waals surface area contributed by atoms with Gasteiger partial charge in [-0.15, -0.1) is 0 Å². The third-order valence-electron chi connectivity index (χ3n) is 3.66. The molecule has 0 unspecified atom stereocenters. The average Bonchev–Trinajstić information content (AvgIpc) is 2.45. The minimum atomic E-state index is -0.740. The number of carboxylic acids is 1. The molecule has 1 N–H and O–H groups in total. The first kappa shape index (κ1) is 14.7. The Bertz CT molecular complexity index is 492. The van der Waals surface area contributed by atoms with Crippen molar-refractivity contribution in [3.05, 3.63) is 34.7 Å². The third kappa shape index (κ3) is 4.47. The molecule has 1 aliphatic rings. The molecule has 1 aromatic rings. The van der Waals surface area contributed by atoms with Crippen LogP contribution in [0.1, 0.15) is 6.42 Å². The van der Waals surface area contributed by atoms with Crippen LogP contribution in [-0.2, 0) is 11.3 Å². The molecule has 110 valence electrons. The summed E-state index contributed by atoms with van der Waals surface area (Å²) >= 11 is 0. The van der Waals surface area contributed by atoms with Crippen molar-refractivity contribution < 1.29 is 9.90 Å². The Morgan fingerprint density at radius 3 is 2.30 bits per heavy atom. The van der Waals surface area contributed by atoms with Gasteiger partial charge in [0.05, 0.1) is 6.42 Å². The van der Waals surface area contributed by atoms with Gasteiger partial charge in [-0.2, -0.15) is 0 Å². The molecule has 6 nitrogen and oxygen atoms in total. The number of hydrogen-bond acceptors (Lipinski definition) is 4. The van der Waals surface area contributed by atoms with Crippen molar-refractivity contribution in [1.82, 2.24) is 14.4 Å². The maximum atomic E-state index is 11.6. The summed E-state index contributed by atoms with van der Waals surface area (Å²) in [5.41, 5.74) is 0.0348. The molecule has 2 heterocycles. The highest BCUT2D eigenvalue weighted by atomic mass is 16.4. The number of pyridine rings is 1. The molecule has 1 aliphatic heterocycles. The smallest absolute Gasteiger partial charge is 0.304 e. The van der Waals surface area contributed by atoms with Crippen LogP contribution in [0.5, 0.6) is 0 Å². The monoisotopic (exact) mass is 279 g/mol. The lowest BCUT2D eigenvalue weighted by atomic mass is 10.3. The summed E-state index contributed by atoms with van der Waals surface area (Å²) in [6.07, 6.45) is 2.02. The molecular formula is C14H21N3O3. The van der Waals surface area contributed by atoms with Gasteiger partial charge in [0.2, 0.25) is 0 Å². The normalized spacial score (nSPS) is 17.2. The Hall–Kier alpha value is -1.66. The van der Waals surface area contributed by atoms with Crippen molar-refractivity contribution in [1.29, 1.82) is 0 Å². The second-order valence-corrected chi connectivity index (χ2v) is 5.06. The summed E-state index contributed by atoms with van der Waals surface area (Å²) < 4.78 is 1.72. The van der Waals surface area contributed by atoms with Gasteiger partial charge in [-0.25, -0.2) is 0 Å². The molecule has 0 amide bonds. The molecule has 0 aromatic carbocycles. The summed E-state index contributed by atoms with van der Waals surface area (Å²) in [6.45, 7) is 5.85. The number of nitrogens with zero attached hydrogens (tertiary/aromatic N) is 3. The van der Waals surface area contributed by atoms with E-state index < -0.39 is 5.97 Å². The standard InChI is InChI=1S/C14H21N3O3/c18-13-3-1-2-5-17(13)12-11-16-9-7-15(8-10-16)6-4-14(19)20/h1-3,5H,4,6-12H2,(H,19,20). The number of carboxylic acid groups (broad SMARTS) is 1. The van der Waals surface area contributed by atoms with E-state index in [4.69, 9.17) is 5.11 Å². The summed E-state index contributed by atoms with van der Waals surface area (Å²) in [5, 5.41) is 8.66. The summed E-state index contributed by atoms with van der Waals surface area (Å²) in [6, 6.07) is 5.19. The first-order valence-electron chi connectivity index (χ1n) is 6.97. The van der Waals surface area contributed by atoms with Gasteiger partial charge in [0, 0.05) is 58.1 Å². The first-order chi connectivity index (χ1) is 9.65. The second-order valence-electron chi connectivity index (χ2n) is 5.06. The van der Waals surface area contributed by atoms with Crippen LogP contribution in [0, 0.1) is 0 Å². The van der Waals surface area contributed by atoms with Gasteiger partial charge >= 0.3 is 5.97 Å². The largest absolute Gasteiger partial charge is 0.481 e. The van der Waals surface area contributed by atoms with E-state index in [-0.39, 0.29) is 12.0 Å². The SMILES string of the molecule is O=C(O)CCN1CCN(CCn2ccccc2=O)CC1. The van der Waals surface area contributed by atoms with Crippen LogP contribution in [0.2, 0.25) is 0 Å². The van der Waals surface area contributed by atoms with Crippen molar-refractivity contribution in [2.75, 3.05) is 39.3 Å². The number of rotatable bonds is 6. The van der Waals surface area contributed by atoms with Crippen LogP contribution < -0.4 is 5.56 Å². The molecule has 6 heteroatoms. The van der Waals surface area contributed by atoms with E-state index in [1.807, 2.05) is 12.3 Å². The summed E-state index contributed by atoms with van der Waals surface area (Å²) in [7, 11) is 0. The summed E-state index contributed by atoms with van der Waals surface area (Å²) in [5.74, 6) is -0.740. The van der Waals surface area contributed by atoms with Crippen LogP contribution in [0.25, 0.3) is 0 Å². The van der Waals surface area contributed by atoms with Crippen molar-refractivity contribution in [2.45, 2.75) is 13.0 Å². The molecule has 1 saturated heterocycles. The number of aliphatic carboxylic acids is 1. The Morgan fingerprint density at radius 2 is 1.70 bits per heavy atom. The fourth-order valence-electron chi connectivity index (χ4n) is 2.38. The highest BCUT2D eigenvalue weighted by molar-refractivity contribution is 5.66. The van der Waals surface area contributed by atoms with E-state index in [1.165, 1.54) is 0 Å². The van der Waals surface area contributed by atoms with E-state index in [0.29, 0.717) is 13.1 Å². The number of carbonyl (C=O) groups is 1. The molecule has 0 saturated carbocycles. The van der Waals surface area contributed by atoms with E-state index in [0.717, 1.165) is 32.7 Å². The lowest BCUT2D eigenvalue weighted by Crippen LogP contribution is -2.47. The molecule has 0 bridgehead atoms. The fourth-order valence-corrected chi connectivity index (χ4v) is 2.38. The van der Waals surface area contributed by atoms with Crippen molar-refractivity contribution in [3.8, 4) is 0 Å². The van der Waals surface area contributed by atoms with Crippen LogP contribution in [0.3, 0.4) is 0 Å². The minimum absolute atomic E-state index is 0.0348. The lowest BCUT2D eigenvalue weighted by Gasteiger charge is -2.34. The Morgan fingerprint density at radius 1 is 1.05 bits per heavy atom. The van der Waals surface area contributed by atoms with Gasteiger partial charge in [-0.3, -0.25) is 14.5 Å². The zero-order chi connectivity index (χ0) is 14.4. The fraction of sp³-hybridized carbons (Fsp3) is 0.571. The Balaban J connectivity index is 1.71. The molecule has 1 aromatic heterocycles. The maximum Gasteiger partial charge on any atom is 0.304 e. The van der Waals surface area contributed by atoms with Crippen molar-refractivity contribution >= 4 is 5.97 Å². The van der Waals surface area contributed by atoms with Crippen LogP contribution in [-0.4, -0.2) is 64.7 Å². The van der Waals surface area contributed by atoms with Gasteiger partial charge < -0.3 is 14.6 Å². The molecule has 20 heavy (non-hydrogen) atoms. The van der Waals surface area contributed by atoms with E-state index in [2.05, 4.69) is 9.80 Å². The molecule has 0 spiro atoms. The average molecular weight is 279 g/mol. The molecular weight excluding hydrogens is 258 g/mol. The predicted octanol–water partition coefficient (Wildman–Crippen LogP) is -0.0594. The van der Waals surface area contributed by atoms with Crippen LogP contribution in [0.4, 0.5) is 0 Å². The quantitative estimate of drug-likeness (QED) is 0.790. The summed E-state index contributed by atoms with van der Waals surface area (Å²) in [4.78, 5) is 26.6. The van der Waals surface area contributed by atoms with Gasteiger partial charge in [-0.1, -0.05) is 6.07 Å². The first-order valence-corrected chi connectivity index (χ1v) is 6.97. The Labute approximate surface area is 118 Å². The Kier molecular flexibility index (Phi) is 5.31. The number of hydrogen-bond donors (Lipinski definition) is 1. The maximum absolute atomic E-state index is 11.6. The van der Waals surface area contributed by atoms with Gasteiger partial charge in [-0.05, 0) is 6.07 Å². The number of aromatic nitrogens is 1. The molecule has 0 atom stereocenters. The van der Waals surface area contributed by atoms with E-state index in [1.54, 1.807) is 16.7 Å². The zero-order valence-electron chi connectivity index (χ0n) is 11.6. The van der Waals surface area contributed by atoms with E-state index in [9.17, 15) is 9.59 Å². The predicted molar refractivity (Wildman–Crippen MR) is 75.8 cm³/mol. The van der Waals surface area contributed by atoms with Gasteiger partial charge in [0.1, 0.15) is 0 Å². The minimum Gasteiger partial charge on any atom is -0.481 e. The third-order valence-corrected chi connectivity index (χ3v) is 3.66. The topological polar surface area (TPSA) is 65.8 Å². The van der Waals surface area contributed by atoms with Gasteiger partial charge in [0.15, 0.2) is 0 Å².